The van der Waals surface area contributed by atoms with Crippen LogP contribution in [0, 0.1) is 0 Å². The number of nitrogens with zero attached hydrogens (tertiary/aromatic N) is 4. The summed E-state index contributed by atoms with van der Waals surface area (Å²) in [6.45, 7) is 0. The maximum atomic E-state index is 15.6. The molecule has 2 aliphatic rings. The van der Waals surface area contributed by atoms with E-state index in [4.69, 9.17) is 0 Å². The summed E-state index contributed by atoms with van der Waals surface area (Å²) < 4.78 is 97.7. The first-order valence-electron chi connectivity index (χ1n) is 21.6. The Labute approximate surface area is 386 Å². The zero-order valence-electron chi connectivity index (χ0n) is 35.5. The molecule has 10 aromatic rings. The molecule has 0 N–H and O–H groups in total. The zero-order valence-corrected chi connectivity index (χ0v) is 35.5. The second-order valence-electron chi connectivity index (χ2n) is 16.9. The van der Waals surface area contributed by atoms with Gasteiger partial charge in [0.15, 0.2) is 0 Å². The fraction of sp³-hybridized carbons (Fsp3) is 0.0545. The van der Waals surface area contributed by atoms with Crippen molar-refractivity contribution >= 4 is 78.6 Å². The summed E-state index contributed by atoms with van der Waals surface area (Å²) in [6.07, 6.45) is -12.3. The van der Waals surface area contributed by atoms with Crippen LogP contribution in [0.2, 0.25) is 0 Å². The summed E-state index contributed by atoms with van der Waals surface area (Å²) in [7, 11) is 0. The number of aromatic nitrogens is 2. The van der Waals surface area contributed by atoms with Crippen LogP contribution in [0.4, 0.5) is 37.7 Å². The Morgan fingerprint density at radius 1 is 0.304 bits per heavy atom. The number of alkyl halides is 6. The number of benzene rings is 8. The smallest absolute Gasteiger partial charge is 0.309 e. The normalized spacial score (nSPS) is 14.3. The van der Waals surface area contributed by atoms with Crippen LogP contribution in [-0.2, 0) is 5.41 Å². The molecule has 0 unspecified atom stereocenters. The fourth-order valence-corrected chi connectivity index (χ4v) is 10.3. The molecule has 4 heterocycles. The number of para-hydroxylation sites is 4. The average Bonchev–Trinajstić information content (AvgIpc) is 4.02. The molecule has 8 aromatic carbocycles. The minimum absolute atomic E-state index is 0.0397. The van der Waals surface area contributed by atoms with E-state index in [1.165, 1.54) is 24.3 Å². The zero-order chi connectivity index (χ0) is 47.7. The van der Waals surface area contributed by atoms with E-state index >= 15 is 26.3 Å². The Hall–Kier alpha value is -8.78. The van der Waals surface area contributed by atoms with Crippen LogP contribution in [0.1, 0.15) is 52.6 Å². The minimum atomic E-state index is -6.13. The van der Waals surface area contributed by atoms with Gasteiger partial charge in [-0.1, -0.05) is 84.9 Å². The molecular weight excluding hydrogens is 895 g/mol. The van der Waals surface area contributed by atoms with Crippen molar-refractivity contribution in [3.63, 3.8) is 0 Å². The summed E-state index contributed by atoms with van der Waals surface area (Å²) in [5.41, 5.74) is -4.86. The lowest BCUT2D eigenvalue weighted by molar-refractivity contribution is -0.288. The number of imide groups is 2. The second-order valence-corrected chi connectivity index (χ2v) is 16.9. The Bertz CT molecular complexity index is 3510. The van der Waals surface area contributed by atoms with Crippen LogP contribution >= 0.6 is 0 Å². The number of rotatable bonds is 6. The lowest BCUT2D eigenvalue weighted by Gasteiger charge is -2.38. The molecule has 14 heteroatoms. The molecule has 0 radical (unpaired) electrons. The van der Waals surface area contributed by atoms with E-state index in [2.05, 4.69) is 0 Å². The van der Waals surface area contributed by atoms with Crippen molar-refractivity contribution in [2.75, 3.05) is 9.80 Å². The van der Waals surface area contributed by atoms with Crippen molar-refractivity contribution in [2.24, 2.45) is 0 Å². The van der Waals surface area contributed by atoms with Crippen LogP contribution in [-0.4, -0.2) is 45.1 Å². The molecule has 2 aromatic heterocycles. The van der Waals surface area contributed by atoms with Crippen molar-refractivity contribution in [1.82, 2.24) is 9.13 Å². The van der Waals surface area contributed by atoms with Crippen LogP contribution in [0.15, 0.2) is 182 Å². The molecule has 336 valence electrons. The molecule has 69 heavy (non-hydrogen) atoms. The summed E-state index contributed by atoms with van der Waals surface area (Å²) in [5.74, 6) is -4.15. The largest absolute Gasteiger partial charge is 0.411 e. The van der Waals surface area contributed by atoms with E-state index in [1.807, 2.05) is 106 Å². The highest BCUT2D eigenvalue weighted by Crippen LogP contribution is 2.57. The van der Waals surface area contributed by atoms with Crippen LogP contribution < -0.4 is 9.80 Å². The van der Waals surface area contributed by atoms with Gasteiger partial charge < -0.3 is 9.13 Å². The van der Waals surface area contributed by atoms with Gasteiger partial charge >= 0.3 is 12.4 Å². The Kier molecular flexibility index (Phi) is 8.82. The van der Waals surface area contributed by atoms with Crippen molar-refractivity contribution in [2.45, 2.75) is 17.8 Å². The number of amides is 4. The molecule has 8 nitrogen and oxygen atoms in total. The van der Waals surface area contributed by atoms with Crippen molar-refractivity contribution in [1.29, 1.82) is 0 Å². The number of hydrogen-bond acceptors (Lipinski definition) is 4. The monoisotopic (exact) mass is 924 g/mol. The number of anilines is 2. The molecule has 0 saturated heterocycles. The van der Waals surface area contributed by atoms with E-state index in [1.54, 1.807) is 24.3 Å². The maximum absolute atomic E-state index is 15.6. The quantitative estimate of drug-likeness (QED) is 0.123. The SMILES string of the molecule is O=C1c2ccc(C(c3ccc4c(c3)C(=O)N(c3ccc(-n5c6ccccc6c6ccccc65)cc3)C4=O)(C(F)(F)F)C(F)(F)F)cc2C(=O)N1c1ccc(-n2c3ccccc3c3ccccc32)cc1. The third-order valence-electron chi connectivity index (χ3n) is 13.4. The van der Waals surface area contributed by atoms with E-state index in [9.17, 15) is 19.2 Å². The molecule has 0 fully saturated rings. The molecule has 0 bridgehead atoms. The van der Waals surface area contributed by atoms with Gasteiger partial charge in [0, 0.05) is 32.9 Å². The molecule has 2 aliphatic heterocycles. The van der Waals surface area contributed by atoms with Crippen LogP contribution in [0.3, 0.4) is 0 Å². The predicted molar refractivity (Wildman–Crippen MR) is 250 cm³/mol. The third-order valence-corrected chi connectivity index (χ3v) is 13.4. The predicted octanol–water partition coefficient (Wildman–Crippen LogP) is 12.9. The van der Waals surface area contributed by atoms with Gasteiger partial charge in [0.1, 0.15) is 0 Å². The van der Waals surface area contributed by atoms with Crippen molar-refractivity contribution in [3.05, 3.63) is 215 Å². The Balaban J connectivity index is 0.888. The average molecular weight is 925 g/mol. The maximum Gasteiger partial charge on any atom is 0.411 e. The molecule has 4 amide bonds. The van der Waals surface area contributed by atoms with Gasteiger partial charge in [-0.15, -0.1) is 0 Å². The summed E-state index contributed by atoms with van der Waals surface area (Å²) in [5, 5.41) is 3.95. The molecule has 0 saturated carbocycles. The number of halogens is 6. The van der Waals surface area contributed by atoms with Gasteiger partial charge in [-0.2, -0.15) is 26.3 Å². The number of fused-ring (bicyclic) bond motifs is 8. The molecular formula is C55H30F6N4O4. The minimum Gasteiger partial charge on any atom is -0.309 e. The molecule has 0 spiro atoms. The Morgan fingerprint density at radius 3 is 0.884 bits per heavy atom. The first kappa shape index (κ1) is 41.6. The number of carbonyl (C=O) groups is 4. The van der Waals surface area contributed by atoms with E-state index in [-0.39, 0.29) is 11.4 Å². The highest BCUT2D eigenvalue weighted by atomic mass is 19.4. The summed E-state index contributed by atoms with van der Waals surface area (Å²) in [4.78, 5) is 57.1. The lowest BCUT2D eigenvalue weighted by Crippen LogP contribution is -2.55. The fourth-order valence-electron chi connectivity index (χ4n) is 10.3. The van der Waals surface area contributed by atoms with Gasteiger partial charge in [-0.05, 0) is 108 Å². The molecule has 0 atom stereocenters. The second kappa shape index (κ2) is 14.6. The molecule has 0 aliphatic carbocycles. The van der Waals surface area contributed by atoms with Crippen molar-refractivity contribution in [3.8, 4) is 11.4 Å². The summed E-state index contributed by atoms with van der Waals surface area (Å²) >= 11 is 0. The van der Waals surface area contributed by atoms with Crippen LogP contribution in [0.5, 0.6) is 0 Å². The standard InChI is InChI=1S/C55H30F6N4O4/c56-54(57,58)53(55(59,60)61,31-17-27-41-43(29-31)51(68)64(49(41)66)35-23-19-33(20-24-35)62-45-13-5-1-9-37(45)38-10-2-6-14-46(38)62)32-18-28-42-44(30-32)52(69)65(50(42)67)36-25-21-34(22-26-36)63-47-15-7-3-11-39(47)40-12-4-8-16-48(40)63/h1-30H. The first-order chi connectivity index (χ1) is 33.2. The van der Waals surface area contributed by atoms with Gasteiger partial charge in [0.05, 0.1) is 55.7 Å². The first-order valence-corrected chi connectivity index (χ1v) is 21.6. The number of hydrogen-bond donors (Lipinski definition) is 0. The highest BCUT2D eigenvalue weighted by Gasteiger charge is 2.73. The van der Waals surface area contributed by atoms with E-state index in [0.29, 0.717) is 45.4 Å². The van der Waals surface area contributed by atoms with Gasteiger partial charge in [-0.25, -0.2) is 9.80 Å². The molecule has 12 rings (SSSR count). The summed E-state index contributed by atoms with van der Waals surface area (Å²) in [6, 6.07) is 46.9. The van der Waals surface area contributed by atoms with E-state index in [0.717, 1.165) is 55.7 Å². The van der Waals surface area contributed by atoms with Crippen molar-refractivity contribution < 1.29 is 45.5 Å². The van der Waals surface area contributed by atoms with Crippen LogP contribution in [0.25, 0.3) is 55.0 Å². The van der Waals surface area contributed by atoms with Gasteiger partial charge in [-0.3, -0.25) is 19.2 Å². The third kappa shape index (κ3) is 5.78. The topological polar surface area (TPSA) is 84.6 Å². The van der Waals surface area contributed by atoms with Gasteiger partial charge in [0.25, 0.3) is 23.6 Å². The number of carbonyl (C=O) groups excluding carboxylic acids is 4. The Morgan fingerprint density at radius 2 is 0.580 bits per heavy atom. The van der Waals surface area contributed by atoms with E-state index < -0.39 is 74.8 Å². The lowest BCUT2D eigenvalue weighted by atomic mass is 9.71. The van der Waals surface area contributed by atoms with Gasteiger partial charge in [0.2, 0.25) is 5.41 Å². The highest BCUT2D eigenvalue weighted by molar-refractivity contribution is 6.35.